The van der Waals surface area contributed by atoms with E-state index in [9.17, 15) is 9.90 Å². The van der Waals surface area contributed by atoms with Crippen LogP contribution in [0.4, 0.5) is 0 Å². The molecule has 1 atom stereocenters. The van der Waals surface area contributed by atoms with Crippen LogP contribution >= 0.6 is 0 Å². The summed E-state index contributed by atoms with van der Waals surface area (Å²) in [6, 6.07) is 17.2. The second kappa shape index (κ2) is 6.42. The molecule has 0 radical (unpaired) electrons. The van der Waals surface area contributed by atoms with Crippen molar-refractivity contribution in [2.75, 3.05) is 13.1 Å². The molecule has 0 saturated carbocycles. The predicted octanol–water partition coefficient (Wildman–Crippen LogP) is 3.12. The molecular formula is C21H21N3O2. The molecule has 2 aromatic carbocycles. The highest BCUT2D eigenvalue weighted by atomic mass is 16.3. The summed E-state index contributed by atoms with van der Waals surface area (Å²) in [5.74, 6) is -0.0503. The number of rotatable bonds is 3. The standard InChI is InChI=1S/C21H21N3O2/c1-15-4-2-3-5-18(15)21(26)11-13-24(14-21)20(25)17-8-6-16(7-9-17)19-10-12-22-23-19/h2-10,12,26H,11,13-14H2,1H3,(H,22,23)/t21-/m1/s1. The predicted molar refractivity (Wildman–Crippen MR) is 99.6 cm³/mol. The van der Waals surface area contributed by atoms with Gasteiger partial charge in [0.1, 0.15) is 5.60 Å². The molecule has 0 aliphatic carbocycles. The second-order valence-corrected chi connectivity index (χ2v) is 6.87. The van der Waals surface area contributed by atoms with Gasteiger partial charge in [-0.15, -0.1) is 0 Å². The van der Waals surface area contributed by atoms with Gasteiger partial charge in [0.2, 0.25) is 0 Å². The summed E-state index contributed by atoms with van der Waals surface area (Å²) >= 11 is 0. The minimum absolute atomic E-state index is 0.0503. The molecule has 1 aliphatic rings. The summed E-state index contributed by atoms with van der Waals surface area (Å²) in [4.78, 5) is 14.6. The van der Waals surface area contributed by atoms with Crippen molar-refractivity contribution in [3.05, 3.63) is 77.5 Å². The topological polar surface area (TPSA) is 69.2 Å². The first-order valence-electron chi connectivity index (χ1n) is 8.74. The van der Waals surface area contributed by atoms with Gasteiger partial charge in [0.25, 0.3) is 5.91 Å². The third-order valence-electron chi connectivity index (χ3n) is 5.12. The van der Waals surface area contributed by atoms with Crippen molar-refractivity contribution >= 4 is 5.91 Å². The summed E-state index contributed by atoms with van der Waals surface area (Å²) in [5, 5.41) is 17.9. The van der Waals surface area contributed by atoms with E-state index in [1.807, 2.05) is 61.5 Å². The SMILES string of the molecule is Cc1ccccc1[C@@]1(O)CCN(C(=O)c2ccc(-c3ccn[nH]3)cc2)C1. The van der Waals surface area contributed by atoms with Gasteiger partial charge in [0.05, 0.1) is 12.2 Å². The minimum atomic E-state index is -0.975. The molecule has 132 valence electrons. The average Bonchev–Trinajstić information content (AvgIpc) is 3.32. The van der Waals surface area contributed by atoms with Crippen LogP contribution in [0.15, 0.2) is 60.8 Å². The van der Waals surface area contributed by atoms with Gasteiger partial charge in [-0.3, -0.25) is 9.89 Å². The van der Waals surface area contributed by atoms with Gasteiger partial charge in [0, 0.05) is 18.3 Å². The van der Waals surface area contributed by atoms with Crippen molar-refractivity contribution in [3.63, 3.8) is 0 Å². The van der Waals surface area contributed by atoms with E-state index in [2.05, 4.69) is 10.2 Å². The van der Waals surface area contributed by atoms with Crippen molar-refractivity contribution in [1.82, 2.24) is 15.1 Å². The van der Waals surface area contributed by atoms with Crippen LogP contribution < -0.4 is 0 Å². The van der Waals surface area contributed by atoms with Gasteiger partial charge >= 0.3 is 0 Å². The highest BCUT2D eigenvalue weighted by Crippen LogP contribution is 2.34. The first-order valence-corrected chi connectivity index (χ1v) is 8.74. The highest BCUT2D eigenvalue weighted by Gasteiger charge is 2.40. The Morgan fingerprint density at radius 3 is 2.62 bits per heavy atom. The fourth-order valence-electron chi connectivity index (χ4n) is 3.67. The number of likely N-dealkylation sites (tertiary alicyclic amines) is 1. The molecule has 4 rings (SSSR count). The lowest BCUT2D eigenvalue weighted by Crippen LogP contribution is -2.34. The van der Waals surface area contributed by atoms with E-state index in [1.165, 1.54) is 0 Å². The van der Waals surface area contributed by atoms with E-state index >= 15 is 0 Å². The Labute approximate surface area is 152 Å². The number of aryl methyl sites for hydroxylation is 1. The Kier molecular flexibility index (Phi) is 4.09. The molecule has 5 nitrogen and oxygen atoms in total. The molecule has 1 amide bonds. The Balaban J connectivity index is 1.52. The third-order valence-corrected chi connectivity index (χ3v) is 5.12. The van der Waals surface area contributed by atoms with E-state index in [0.29, 0.717) is 25.1 Å². The number of carbonyl (C=O) groups excluding carboxylic acids is 1. The van der Waals surface area contributed by atoms with Crippen molar-refractivity contribution in [1.29, 1.82) is 0 Å². The summed E-state index contributed by atoms with van der Waals surface area (Å²) in [6.45, 7) is 2.86. The van der Waals surface area contributed by atoms with Gasteiger partial charge in [-0.2, -0.15) is 5.10 Å². The smallest absolute Gasteiger partial charge is 0.253 e. The summed E-state index contributed by atoms with van der Waals surface area (Å²) in [7, 11) is 0. The molecule has 2 heterocycles. The average molecular weight is 347 g/mol. The van der Waals surface area contributed by atoms with Gasteiger partial charge in [-0.05, 0) is 48.2 Å². The largest absolute Gasteiger partial charge is 0.383 e. The van der Waals surface area contributed by atoms with Crippen molar-refractivity contribution in [2.45, 2.75) is 18.9 Å². The highest BCUT2D eigenvalue weighted by molar-refractivity contribution is 5.95. The van der Waals surface area contributed by atoms with Crippen LogP contribution in [0.25, 0.3) is 11.3 Å². The number of nitrogens with zero attached hydrogens (tertiary/aromatic N) is 2. The quantitative estimate of drug-likeness (QED) is 0.765. The molecule has 2 N–H and O–H groups in total. The van der Waals surface area contributed by atoms with Crippen molar-refractivity contribution in [2.24, 2.45) is 0 Å². The lowest BCUT2D eigenvalue weighted by Gasteiger charge is -2.25. The lowest BCUT2D eigenvalue weighted by atomic mass is 9.89. The molecule has 1 aliphatic heterocycles. The molecule has 1 saturated heterocycles. The fourth-order valence-corrected chi connectivity index (χ4v) is 3.67. The maximum absolute atomic E-state index is 12.8. The first kappa shape index (κ1) is 16.5. The number of carbonyl (C=O) groups is 1. The van der Waals surface area contributed by atoms with Crippen LogP contribution in [-0.2, 0) is 5.60 Å². The Hall–Kier alpha value is -2.92. The number of hydrogen-bond donors (Lipinski definition) is 2. The number of benzene rings is 2. The minimum Gasteiger partial charge on any atom is -0.383 e. The van der Waals surface area contributed by atoms with E-state index in [4.69, 9.17) is 0 Å². The van der Waals surface area contributed by atoms with Crippen LogP contribution in [0.3, 0.4) is 0 Å². The van der Waals surface area contributed by atoms with Crippen molar-refractivity contribution < 1.29 is 9.90 Å². The first-order chi connectivity index (χ1) is 12.6. The molecule has 26 heavy (non-hydrogen) atoms. The Morgan fingerprint density at radius 1 is 1.15 bits per heavy atom. The lowest BCUT2D eigenvalue weighted by molar-refractivity contribution is 0.0412. The zero-order valence-corrected chi connectivity index (χ0v) is 14.6. The molecule has 5 heteroatoms. The summed E-state index contributed by atoms with van der Waals surface area (Å²) in [6.07, 6.45) is 2.25. The maximum atomic E-state index is 12.8. The number of aromatic amines is 1. The van der Waals surface area contributed by atoms with Crippen LogP contribution in [-0.4, -0.2) is 39.2 Å². The molecular weight excluding hydrogens is 326 g/mol. The zero-order chi connectivity index (χ0) is 18.1. The van der Waals surface area contributed by atoms with Gasteiger partial charge in [0.15, 0.2) is 0 Å². The summed E-state index contributed by atoms with van der Waals surface area (Å²) < 4.78 is 0. The molecule has 0 unspecified atom stereocenters. The van der Waals surface area contributed by atoms with Crippen LogP contribution in [0, 0.1) is 6.92 Å². The van der Waals surface area contributed by atoms with Gasteiger partial charge in [-0.25, -0.2) is 0 Å². The molecule has 1 aromatic heterocycles. The van der Waals surface area contributed by atoms with Crippen LogP contribution in [0.5, 0.6) is 0 Å². The number of hydrogen-bond acceptors (Lipinski definition) is 3. The molecule has 1 fully saturated rings. The van der Waals surface area contributed by atoms with Crippen molar-refractivity contribution in [3.8, 4) is 11.3 Å². The van der Waals surface area contributed by atoms with Gasteiger partial charge in [-0.1, -0.05) is 36.4 Å². The fraction of sp³-hybridized carbons (Fsp3) is 0.238. The Morgan fingerprint density at radius 2 is 1.92 bits per heavy atom. The number of H-pyrrole nitrogens is 1. The number of nitrogens with one attached hydrogen (secondary N) is 1. The third kappa shape index (κ3) is 2.91. The maximum Gasteiger partial charge on any atom is 0.253 e. The number of aromatic nitrogens is 2. The summed E-state index contributed by atoms with van der Waals surface area (Å²) in [5.41, 5.74) is 3.51. The normalized spacial score (nSPS) is 19.7. The molecule has 3 aromatic rings. The molecule has 0 spiro atoms. The van der Waals surface area contributed by atoms with E-state index in [0.717, 1.165) is 22.4 Å². The molecule has 0 bridgehead atoms. The van der Waals surface area contributed by atoms with Gasteiger partial charge < -0.3 is 10.0 Å². The van der Waals surface area contributed by atoms with Crippen LogP contribution in [0.1, 0.15) is 27.9 Å². The second-order valence-electron chi connectivity index (χ2n) is 6.87. The number of β-amino-alcohol motifs (C(OH)–C–C–N with tert-alkyl or cyclic N) is 1. The monoisotopic (exact) mass is 347 g/mol. The van der Waals surface area contributed by atoms with E-state index in [1.54, 1.807) is 11.1 Å². The Bertz CT molecular complexity index is 919. The van der Waals surface area contributed by atoms with Crippen LogP contribution in [0.2, 0.25) is 0 Å². The zero-order valence-electron chi connectivity index (χ0n) is 14.6. The van der Waals surface area contributed by atoms with E-state index < -0.39 is 5.60 Å². The number of amides is 1. The number of aliphatic hydroxyl groups is 1. The van der Waals surface area contributed by atoms with E-state index in [-0.39, 0.29) is 5.91 Å².